The number of hydrogen-bond acceptors (Lipinski definition) is 7. The molecule has 0 bridgehead atoms. The number of hydrogen-bond donors (Lipinski definition) is 1. The summed E-state index contributed by atoms with van der Waals surface area (Å²) in [5.41, 5.74) is 2.85. The van der Waals surface area contributed by atoms with Crippen LogP contribution in [-0.4, -0.2) is 20.9 Å². The van der Waals surface area contributed by atoms with Gasteiger partial charge in [0.15, 0.2) is 5.13 Å². The third-order valence-electron chi connectivity index (χ3n) is 3.64. The summed E-state index contributed by atoms with van der Waals surface area (Å²) in [6.07, 6.45) is 4.84. The maximum atomic E-state index is 12.2. The quantitative estimate of drug-likeness (QED) is 0.407. The Kier molecular flexibility index (Phi) is 4.84. The molecule has 0 aliphatic heterocycles. The molecule has 3 aromatic heterocycles. The number of benzene rings is 1. The molecule has 1 N–H and O–H groups in total. The van der Waals surface area contributed by atoms with Crippen LogP contribution >= 0.6 is 11.3 Å². The highest BCUT2D eigenvalue weighted by Gasteiger charge is 2.09. The van der Waals surface area contributed by atoms with Crippen molar-refractivity contribution in [2.24, 2.45) is 0 Å². The van der Waals surface area contributed by atoms with Crippen molar-refractivity contribution in [3.05, 3.63) is 84.1 Å². The Balaban J connectivity index is 1.47. The van der Waals surface area contributed by atoms with Gasteiger partial charge in [-0.2, -0.15) is 0 Å². The van der Waals surface area contributed by atoms with E-state index in [0.717, 1.165) is 22.2 Å². The number of pyridine rings is 2. The third kappa shape index (κ3) is 4.16. The van der Waals surface area contributed by atoms with Gasteiger partial charge < -0.3 is 10.1 Å². The Hall–Kier alpha value is -3.58. The predicted molar refractivity (Wildman–Crippen MR) is 104 cm³/mol. The van der Waals surface area contributed by atoms with Gasteiger partial charge in [-0.15, -0.1) is 11.3 Å². The number of ether oxygens (including phenoxy) is 1. The number of thiazole rings is 1. The first-order chi connectivity index (χ1) is 13.3. The van der Waals surface area contributed by atoms with E-state index in [2.05, 4.69) is 20.3 Å². The van der Waals surface area contributed by atoms with Gasteiger partial charge in [-0.25, -0.2) is 9.78 Å². The molecule has 7 heteroatoms. The fourth-order valence-electron chi connectivity index (χ4n) is 2.38. The van der Waals surface area contributed by atoms with Crippen molar-refractivity contribution in [2.75, 3.05) is 5.32 Å². The lowest BCUT2D eigenvalue weighted by atomic mass is 10.2. The maximum Gasteiger partial charge on any atom is 0.343 e. The van der Waals surface area contributed by atoms with Gasteiger partial charge >= 0.3 is 5.97 Å². The van der Waals surface area contributed by atoms with Crippen LogP contribution in [-0.2, 0) is 0 Å². The average molecular weight is 374 g/mol. The average Bonchev–Trinajstić information content (AvgIpc) is 3.18. The molecule has 4 aromatic rings. The number of anilines is 2. The molecular weight excluding hydrogens is 360 g/mol. The summed E-state index contributed by atoms with van der Waals surface area (Å²) in [6.45, 7) is 0. The van der Waals surface area contributed by atoms with E-state index in [1.165, 1.54) is 11.3 Å². The van der Waals surface area contributed by atoms with Gasteiger partial charge in [-0.05, 0) is 36.4 Å². The molecule has 0 aliphatic rings. The maximum absolute atomic E-state index is 12.2. The molecule has 0 radical (unpaired) electrons. The smallest absolute Gasteiger partial charge is 0.343 e. The van der Waals surface area contributed by atoms with Crippen LogP contribution in [0.25, 0.3) is 11.4 Å². The number of nitrogens with zero attached hydrogens (tertiary/aromatic N) is 3. The minimum absolute atomic E-state index is 0.429. The van der Waals surface area contributed by atoms with Gasteiger partial charge in [-0.1, -0.05) is 12.1 Å². The third-order valence-corrected chi connectivity index (χ3v) is 4.40. The summed E-state index contributed by atoms with van der Waals surface area (Å²) in [6, 6.07) is 16.1. The molecule has 4 rings (SSSR count). The fourth-order valence-corrected chi connectivity index (χ4v) is 3.10. The van der Waals surface area contributed by atoms with Gasteiger partial charge in [0.1, 0.15) is 11.4 Å². The highest BCUT2D eigenvalue weighted by molar-refractivity contribution is 7.14. The molecule has 0 saturated carbocycles. The molecule has 3 heterocycles. The molecule has 27 heavy (non-hydrogen) atoms. The minimum Gasteiger partial charge on any atom is -0.423 e. The van der Waals surface area contributed by atoms with Crippen molar-refractivity contribution in [3.8, 4) is 17.1 Å². The van der Waals surface area contributed by atoms with E-state index in [0.29, 0.717) is 11.3 Å². The first-order valence-corrected chi connectivity index (χ1v) is 9.02. The van der Waals surface area contributed by atoms with Crippen molar-refractivity contribution in [1.29, 1.82) is 0 Å². The van der Waals surface area contributed by atoms with Crippen LogP contribution in [0.15, 0.2) is 78.6 Å². The van der Waals surface area contributed by atoms with Crippen molar-refractivity contribution >= 4 is 28.1 Å². The Morgan fingerprint density at radius 3 is 2.67 bits per heavy atom. The lowest BCUT2D eigenvalue weighted by molar-refractivity contribution is 0.0735. The molecule has 0 saturated heterocycles. The number of rotatable bonds is 5. The monoisotopic (exact) mass is 374 g/mol. The molecule has 0 unspecified atom stereocenters. The van der Waals surface area contributed by atoms with Gasteiger partial charge in [0.25, 0.3) is 0 Å². The Bertz CT molecular complexity index is 1050. The zero-order valence-electron chi connectivity index (χ0n) is 14.1. The molecule has 0 amide bonds. The van der Waals surface area contributed by atoms with Crippen molar-refractivity contribution < 1.29 is 9.53 Å². The number of esters is 1. The van der Waals surface area contributed by atoms with E-state index in [-0.39, 0.29) is 0 Å². The van der Waals surface area contributed by atoms with E-state index in [1.54, 1.807) is 42.9 Å². The summed E-state index contributed by atoms with van der Waals surface area (Å²) >= 11 is 1.48. The van der Waals surface area contributed by atoms with E-state index in [1.807, 2.05) is 35.7 Å². The zero-order chi connectivity index (χ0) is 18.5. The van der Waals surface area contributed by atoms with Crippen LogP contribution in [0, 0.1) is 0 Å². The largest absolute Gasteiger partial charge is 0.423 e. The van der Waals surface area contributed by atoms with Gasteiger partial charge in [-0.3, -0.25) is 9.97 Å². The van der Waals surface area contributed by atoms with Gasteiger partial charge in [0.2, 0.25) is 0 Å². The van der Waals surface area contributed by atoms with E-state index in [9.17, 15) is 4.79 Å². The first kappa shape index (κ1) is 16.9. The fraction of sp³-hybridized carbons (Fsp3) is 0. The summed E-state index contributed by atoms with van der Waals surface area (Å²) < 4.78 is 5.42. The van der Waals surface area contributed by atoms with Crippen molar-refractivity contribution in [2.45, 2.75) is 0 Å². The summed E-state index contributed by atoms with van der Waals surface area (Å²) in [7, 11) is 0. The lowest BCUT2D eigenvalue weighted by Gasteiger charge is -2.07. The topological polar surface area (TPSA) is 77.0 Å². The van der Waals surface area contributed by atoms with E-state index in [4.69, 9.17) is 4.74 Å². The van der Waals surface area contributed by atoms with Gasteiger partial charge in [0.05, 0.1) is 11.3 Å². The van der Waals surface area contributed by atoms with Gasteiger partial charge in [0, 0.05) is 35.7 Å². The summed E-state index contributed by atoms with van der Waals surface area (Å²) in [5.74, 6) is 0.0181. The lowest BCUT2D eigenvalue weighted by Crippen LogP contribution is -2.08. The zero-order valence-corrected chi connectivity index (χ0v) is 14.9. The van der Waals surface area contributed by atoms with Crippen LogP contribution < -0.4 is 10.1 Å². The molecule has 0 aliphatic carbocycles. The summed E-state index contributed by atoms with van der Waals surface area (Å²) in [4.78, 5) is 24.9. The SMILES string of the molecule is O=C(Oc1cccc(Nc2nc(-c3ccccn3)cs2)c1)c1ccncc1. The number of carbonyl (C=O) groups excluding carboxylic acids is 1. The highest BCUT2D eigenvalue weighted by Crippen LogP contribution is 2.27. The van der Waals surface area contributed by atoms with Crippen LogP contribution in [0.2, 0.25) is 0 Å². The molecule has 0 spiro atoms. The van der Waals surface area contributed by atoms with E-state index >= 15 is 0 Å². The molecule has 0 atom stereocenters. The van der Waals surface area contributed by atoms with Crippen LogP contribution in [0.4, 0.5) is 10.8 Å². The number of aromatic nitrogens is 3. The first-order valence-electron chi connectivity index (χ1n) is 8.14. The van der Waals surface area contributed by atoms with E-state index < -0.39 is 5.97 Å². The predicted octanol–water partition coefficient (Wildman–Crippen LogP) is 4.56. The second-order valence-corrected chi connectivity index (χ2v) is 6.39. The standard InChI is InChI=1S/C20H14N4O2S/c25-19(14-7-10-21-11-8-14)26-16-5-3-4-15(12-16)23-20-24-18(13-27-20)17-6-1-2-9-22-17/h1-13H,(H,23,24). The van der Waals surface area contributed by atoms with Crippen molar-refractivity contribution in [3.63, 3.8) is 0 Å². The molecular formula is C20H14N4O2S. The molecule has 1 aromatic carbocycles. The second kappa shape index (κ2) is 7.76. The molecule has 6 nitrogen and oxygen atoms in total. The molecule has 132 valence electrons. The Labute approximate surface area is 159 Å². The summed E-state index contributed by atoms with van der Waals surface area (Å²) in [5, 5.41) is 5.90. The highest BCUT2D eigenvalue weighted by atomic mass is 32.1. The number of nitrogens with one attached hydrogen (secondary N) is 1. The Morgan fingerprint density at radius 1 is 0.963 bits per heavy atom. The van der Waals surface area contributed by atoms with Crippen LogP contribution in [0.1, 0.15) is 10.4 Å². The van der Waals surface area contributed by atoms with Crippen LogP contribution in [0.3, 0.4) is 0 Å². The van der Waals surface area contributed by atoms with Crippen molar-refractivity contribution in [1.82, 2.24) is 15.0 Å². The Morgan fingerprint density at radius 2 is 1.85 bits per heavy atom. The second-order valence-electron chi connectivity index (χ2n) is 5.53. The normalized spacial score (nSPS) is 10.4. The molecule has 0 fully saturated rings. The number of carbonyl (C=O) groups is 1. The van der Waals surface area contributed by atoms with Crippen LogP contribution in [0.5, 0.6) is 5.75 Å². The minimum atomic E-state index is -0.429.